The molecule has 2 aromatic rings. The van der Waals surface area contributed by atoms with Gasteiger partial charge in [0.1, 0.15) is 11.6 Å². The molecule has 27 heavy (non-hydrogen) atoms. The van der Waals surface area contributed by atoms with Crippen LogP contribution in [0.5, 0.6) is 5.75 Å². The SMILES string of the molecule is N#CC1(c2ccc(OC(F)(F)F)cc2)CCN(c2ccc(C=O)cn2)CC1. The summed E-state index contributed by atoms with van der Waals surface area (Å²) in [6.45, 7) is 1.14. The average molecular weight is 375 g/mol. The van der Waals surface area contributed by atoms with Crippen LogP contribution in [0.15, 0.2) is 42.6 Å². The van der Waals surface area contributed by atoms with Gasteiger partial charge in [-0.2, -0.15) is 5.26 Å². The van der Waals surface area contributed by atoms with E-state index in [0.717, 1.165) is 12.1 Å². The molecule has 0 saturated carbocycles. The Balaban J connectivity index is 1.72. The number of piperidine rings is 1. The number of nitrogens with zero attached hydrogens (tertiary/aromatic N) is 3. The summed E-state index contributed by atoms with van der Waals surface area (Å²) in [5.74, 6) is 0.414. The van der Waals surface area contributed by atoms with E-state index in [1.807, 2.05) is 4.90 Å². The zero-order chi connectivity index (χ0) is 19.5. The van der Waals surface area contributed by atoms with E-state index in [4.69, 9.17) is 0 Å². The first-order chi connectivity index (χ1) is 12.8. The molecule has 2 heterocycles. The molecule has 0 unspecified atom stereocenters. The molecule has 0 radical (unpaired) electrons. The van der Waals surface area contributed by atoms with Crippen molar-refractivity contribution < 1.29 is 22.7 Å². The maximum atomic E-state index is 12.3. The van der Waals surface area contributed by atoms with Crippen molar-refractivity contribution in [2.24, 2.45) is 0 Å². The number of benzene rings is 1. The van der Waals surface area contributed by atoms with Crippen molar-refractivity contribution in [3.8, 4) is 11.8 Å². The van der Waals surface area contributed by atoms with Crippen molar-refractivity contribution in [2.45, 2.75) is 24.6 Å². The number of carbonyl (C=O) groups is 1. The van der Waals surface area contributed by atoms with Gasteiger partial charge in [-0.3, -0.25) is 4.79 Å². The number of alkyl halides is 3. The molecule has 0 N–H and O–H groups in total. The molecule has 0 bridgehead atoms. The van der Waals surface area contributed by atoms with Crippen LogP contribution >= 0.6 is 0 Å². The Morgan fingerprint density at radius 2 is 1.81 bits per heavy atom. The van der Waals surface area contributed by atoms with Crippen LogP contribution in [0.4, 0.5) is 19.0 Å². The summed E-state index contributed by atoms with van der Waals surface area (Å²) in [5.41, 5.74) is 0.391. The first kappa shape index (κ1) is 18.7. The minimum Gasteiger partial charge on any atom is -0.406 e. The first-order valence-corrected chi connectivity index (χ1v) is 8.29. The Kier molecular flexibility index (Phi) is 5.04. The van der Waals surface area contributed by atoms with Crippen molar-refractivity contribution in [3.05, 3.63) is 53.7 Å². The van der Waals surface area contributed by atoms with Gasteiger partial charge in [0.2, 0.25) is 0 Å². The molecule has 3 rings (SSSR count). The highest BCUT2D eigenvalue weighted by atomic mass is 19.4. The molecule has 0 spiro atoms. The van der Waals surface area contributed by atoms with Crippen molar-refractivity contribution in [2.75, 3.05) is 18.0 Å². The summed E-state index contributed by atoms with van der Waals surface area (Å²) in [4.78, 5) is 17.0. The average Bonchev–Trinajstić information content (AvgIpc) is 2.67. The Morgan fingerprint density at radius 1 is 1.15 bits per heavy atom. The predicted molar refractivity (Wildman–Crippen MR) is 91.5 cm³/mol. The zero-order valence-corrected chi connectivity index (χ0v) is 14.2. The summed E-state index contributed by atoms with van der Waals surface area (Å²) in [6.07, 6.45) is -1.50. The molecular formula is C19H16F3N3O2. The molecule has 1 aromatic heterocycles. The Morgan fingerprint density at radius 3 is 2.30 bits per heavy atom. The molecule has 0 aliphatic carbocycles. The van der Waals surface area contributed by atoms with E-state index in [-0.39, 0.29) is 5.75 Å². The standard InChI is InChI=1S/C19H16F3N3O2/c20-19(21,22)27-16-4-2-15(3-5-16)18(13-23)7-9-25(10-8-18)17-6-1-14(12-26)11-24-17/h1-6,11-12H,7-10H2. The van der Waals surface area contributed by atoms with E-state index in [1.54, 1.807) is 12.1 Å². The van der Waals surface area contributed by atoms with Crippen LogP contribution in [0.3, 0.4) is 0 Å². The zero-order valence-electron chi connectivity index (χ0n) is 14.2. The lowest BCUT2D eigenvalue weighted by molar-refractivity contribution is -0.274. The topological polar surface area (TPSA) is 66.2 Å². The van der Waals surface area contributed by atoms with Gasteiger partial charge in [-0.1, -0.05) is 12.1 Å². The van der Waals surface area contributed by atoms with Crippen molar-refractivity contribution >= 4 is 12.1 Å². The van der Waals surface area contributed by atoms with E-state index >= 15 is 0 Å². The summed E-state index contributed by atoms with van der Waals surface area (Å²) < 4.78 is 40.7. The number of ether oxygens (including phenoxy) is 1. The van der Waals surface area contributed by atoms with Gasteiger partial charge in [0.05, 0.1) is 11.5 Å². The quantitative estimate of drug-likeness (QED) is 0.760. The number of hydrogen-bond donors (Lipinski definition) is 0. The van der Waals surface area contributed by atoms with E-state index in [0.29, 0.717) is 37.1 Å². The third-order valence-corrected chi connectivity index (χ3v) is 4.70. The lowest BCUT2D eigenvalue weighted by Crippen LogP contribution is -2.42. The minimum absolute atomic E-state index is 0.309. The van der Waals surface area contributed by atoms with Gasteiger partial charge >= 0.3 is 6.36 Å². The molecular weight excluding hydrogens is 359 g/mol. The molecule has 1 aliphatic rings. The maximum absolute atomic E-state index is 12.3. The second-order valence-electron chi connectivity index (χ2n) is 6.32. The van der Waals surface area contributed by atoms with Crippen LogP contribution in [0, 0.1) is 11.3 Å². The van der Waals surface area contributed by atoms with Gasteiger partial charge in [0.25, 0.3) is 0 Å². The molecule has 140 valence electrons. The van der Waals surface area contributed by atoms with Crippen LogP contribution in [0.25, 0.3) is 0 Å². The first-order valence-electron chi connectivity index (χ1n) is 8.29. The number of hydrogen-bond acceptors (Lipinski definition) is 5. The third kappa shape index (κ3) is 4.19. The van der Waals surface area contributed by atoms with Gasteiger partial charge in [-0.15, -0.1) is 13.2 Å². The van der Waals surface area contributed by atoms with Gasteiger partial charge < -0.3 is 9.64 Å². The number of pyridine rings is 1. The summed E-state index contributed by atoms with van der Waals surface area (Å²) >= 11 is 0. The number of aromatic nitrogens is 1. The molecule has 5 nitrogen and oxygen atoms in total. The van der Waals surface area contributed by atoms with Crippen LogP contribution < -0.4 is 9.64 Å². The van der Waals surface area contributed by atoms with Crippen LogP contribution in [0.1, 0.15) is 28.8 Å². The molecule has 1 aromatic carbocycles. The summed E-state index contributed by atoms with van der Waals surface area (Å²) in [5, 5.41) is 9.74. The van der Waals surface area contributed by atoms with E-state index in [9.17, 15) is 23.2 Å². The van der Waals surface area contributed by atoms with E-state index in [1.165, 1.54) is 30.5 Å². The predicted octanol–water partition coefficient (Wildman–Crippen LogP) is 3.85. The highest BCUT2D eigenvalue weighted by molar-refractivity contribution is 5.74. The fourth-order valence-electron chi connectivity index (χ4n) is 3.21. The summed E-state index contributed by atoms with van der Waals surface area (Å²) in [7, 11) is 0. The lowest BCUT2D eigenvalue weighted by atomic mass is 9.74. The van der Waals surface area contributed by atoms with E-state index in [2.05, 4.69) is 15.8 Å². The third-order valence-electron chi connectivity index (χ3n) is 4.70. The smallest absolute Gasteiger partial charge is 0.406 e. The summed E-state index contributed by atoms with van der Waals surface area (Å²) in [6, 6.07) is 11.3. The largest absolute Gasteiger partial charge is 0.573 e. The fraction of sp³-hybridized carbons (Fsp3) is 0.316. The molecule has 0 atom stereocenters. The van der Waals surface area contributed by atoms with Crippen LogP contribution in [0.2, 0.25) is 0 Å². The number of carbonyl (C=O) groups excluding carboxylic acids is 1. The number of anilines is 1. The van der Waals surface area contributed by atoms with Crippen molar-refractivity contribution in [1.82, 2.24) is 4.98 Å². The molecule has 8 heteroatoms. The Labute approximate surface area is 154 Å². The Hall–Kier alpha value is -3.08. The highest BCUT2D eigenvalue weighted by Crippen LogP contribution is 2.37. The minimum atomic E-state index is -4.74. The monoisotopic (exact) mass is 375 g/mol. The second-order valence-corrected chi connectivity index (χ2v) is 6.32. The van der Waals surface area contributed by atoms with Crippen molar-refractivity contribution in [1.29, 1.82) is 5.26 Å². The number of nitriles is 1. The van der Waals surface area contributed by atoms with Crippen LogP contribution in [-0.4, -0.2) is 30.7 Å². The molecule has 1 saturated heterocycles. The molecule has 1 fully saturated rings. The van der Waals surface area contributed by atoms with Gasteiger partial charge in [-0.25, -0.2) is 4.98 Å². The Bertz CT molecular complexity index is 834. The lowest BCUT2D eigenvalue weighted by Gasteiger charge is -2.38. The number of rotatable bonds is 4. The van der Waals surface area contributed by atoms with Crippen molar-refractivity contribution in [3.63, 3.8) is 0 Å². The molecule has 1 aliphatic heterocycles. The molecule has 0 amide bonds. The van der Waals surface area contributed by atoms with E-state index < -0.39 is 11.8 Å². The van der Waals surface area contributed by atoms with Gasteiger partial charge in [-0.05, 0) is 42.7 Å². The maximum Gasteiger partial charge on any atom is 0.573 e. The van der Waals surface area contributed by atoms with Gasteiger partial charge in [0.15, 0.2) is 6.29 Å². The number of aldehydes is 1. The van der Waals surface area contributed by atoms with Crippen LogP contribution in [-0.2, 0) is 5.41 Å². The fourth-order valence-corrected chi connectivity index (χ4v) is 3.21. The second kappa shape index (κ2) is 7.27. The highest BCUT2D eigenvalue weighted by Gasteiger charge is 2.37. The number of halogens is 3. The normalized spacial score (nSPS) is 16.4. The van der Waals surface area contributed by atoms with Gasteiger partial charge in [0, 0.05) is 24.8 Å².